The van der Waals surface area contributed by atoms with E-state index in [2.05, 4.69) is 4.98 Å². The molecule has 0 saturated carbocycles. The van der Waals surface area contributed by atoms with Crippen LogP contribution in [0.4, 0.5) is 5.69 Å². The predicted octanol–water partition coefficient (Wildman–Crippen LogP) is 4.55. The number of aryl methyl sites for hydroxylation is 1. The highest BCUT2D eigenvalue weighted by Gasteiger charge is 2.33. The van der Waals surface area contributed by atoms with Crippen molar-refractivity contribution in [1.82, 2.24) is 4.98 Å². The lowest BCUT2D eigenvalue weighted by molar-refractivity contribution is 0.101. The van der Waals surface area contributed by atoms with Crippen LogP contribution in [-0.4, -0.2) is 10.9 Å². The first kappa shape index (κ1) is 14.4. The molecular weight excluding hydrogens is 296 g/mol. The number of pyridine rings is 1. The molecule has 3 nitrogen and oxygen atoms in total. The lowest BCUT2D eigenvalue weighted by Gasteiger charge is -2.19. The Bertz CT molecular complexity index is 928. The number of amides is 1. The molecule has 1 amide bonds. The molecule has 0 N–H and O–H groups in total. The molecule has 1 aromatic heterocycles. The van der Waals surface area contributed by atoms with Crippen LogP contribution in [0.1, 0.15) is 27.2 Å². The number of hydrogen-bond acceptors (Lipinski definition) is 2. The number of carbonyl (C=O) groups is 1. The van der Waals surface area contributed by atoms with Crippen LogP contribution in [0.5, 0.6) is 0 Å². The largest absolute Gasteiger partial charge is 0.276 e. The molecule has 1 aliphatic heterocycles. The maximum absolute atomic E-state index is 12.9. The van der Waals surface area contributed by atoms with Crippen LogP contribution >= 0.6 is 0 Å². The fourth-order valence-electron chi connectivity index (χ4n) is 2.94. The zero-order valence-corrected chi connectivity index (χ0v) is 13.3. The summed E-state index contributed by atoms with van der Waals surface area (Å²) in [5.41, 5.74) is 5.38. The van der Waals surface area contributed by atoms with Crippen molar-refractivity contribution in [2.45, 2.75) is 6.92 Å². The second-order valence-corrected chi connectivity index (χ2v) is 5.81. The summed E-state index contributed by atoms with van der Waals surface area (Å²) < 4.78 is 0. The van der Waals surface area contributed by atoms with E-state index < -0.39 is 0 Å². The Morgan fingerprint density at radius 1 is 0.875 bits per heavy atom. The molecule has 24 heavy (non-hydrogen) atoms. The summed E-state index contributed by atoms with van der Waals surface area (Å²) in [6.07, 6.45) is 3.72. The Morgan fingerprint density at radius 3 is 2.29 bits per heavy atom. The highest BCUT2D eigenvalue weighted by Crippen LogP contribution is 2.37. The maximum atomic E-state index is 12.9. The van der Waals surface area contributed by atoms with Crippen molar-refractivity contribution in [3.05, 3.63) is 95.3 Å². The normalized spacial score (nSPS) is 15.0. The van der Waals surface area contributed by atoms with Crippen LogP contribution in [-0.2, 0) is 0 Å². The standard InChI is InChI=1S/C21H16N2O/c1-15-9-11-17(12-10-15)23-20(14-16-6-4-5-13-22-16)18-7-2-3-8-19(18)21(23)24/h2-14H,1H3/b20-14-. The van der Waals surface area contributed by atoms with Gasteiger partial charge in [0.05, 0.1) is 11.4 Å². The van der Waals surface area contributed by atoms with E-state index in [0.29, 0.717) is 0 Å². The van der Waals surface area contributed by atoms with E-state index in [1.165, 1.54) is 0 Å². The van der Waals surface area contributed by atoms with Crippen molar-refractivity contribution in [2.24, 2.45) is 0 Å². The van der Waals surface area contributed by atoms with Gasteiger partial charge in [0.25, 0.3) is 5.91 Å². The van der Waals surface area contributed by atoms with E-state index in [4.69, 9.17) is 0 Å². The van der Waals surface area contributed by atoms with Crippen molar-refractivity contribution in [1.29, 1.82) is 0 Å². The van der Waals surface area contributed by atoms with Gasteiger partial charge < -0.3 is 0 Å². The van der Waals surface area contributed by atoms with E-state index >= 15 is 0 Å². The van der Waals surface area contributed by atoms with Gasteiger partial charge in [0.1, 0.15) is 0 Å². The fourth-order valence-corrected chi connectivity index (χ4v) is 2.94. The molecule has 0 bridgehead atoms. The Hall–Kier alpha value is -3.20. The van der Waals surface area contributed by atoms with E-state index in [1.807, 2.05) is 79.7 Å². The Kier molecular flexibility index (Phi) is 3.47. The summed E-state index contributed by atoms with van der Waals surface area (Å²) in [4.78, 5) is 19.1. The first-order valence-electron chi connectivity index (χ1n) is 7.87. The molecule has 2 aromatic carbocycles. The van der Waals surface area contributed by atoms with E-state index in [0.717, 1.165) is 33.8 Å². The molecule has 116 valence electrons. The highest BCUT2D eigenvalue weighted by atomic mass is 16.2. The molecule has 0 radical (unpaired) electrons. The third kappa shape index (κ3) is 2.40. The number of benzene rings is 2. The van der Waals surface area contributed by atoms with Crippen LogP contribution < -0.4 is 4.90 Å². The van der Waals surface area contributed by atoms with Crippen LogP contribution in [0, 0.1) is 6.92 Å². The minimum Gasteiger partial charge on any atom is -0.276 e. The predicted molar refractivity (Wildman–Crippen MR) is 96.5 cm³/mol. The third-order valence-corrected chi connectivity index (χ3v) is 4.14. The highest BCUT2D eigenvalue weighted by molar-refractivity contribution is 6.24. The minimum atomic E-state index is -0.00312. The summed E-state index contributed by atoms with van der Waals surface area (Å²) in [7, 11) is 0. The number of aromatic nitrogens is 1. The van der Waals surface area contributed by atoms with Crippen LogP contribution in [0.25, 0.3) is 11.8 Å². The van der Waals surface area contributed by atoms with Crippen molar-refractivity contribution in [2.75, 3.05) is 4.90 Å². The van der Waals surface area contributed by atoms with Gasteiger partial charge in [-0.2, -0.15) is 0 Å². The van der Waals surface area contributed by atoms with Crippen LogP contribution in [0.15, 0.2) is 72.9 Å². The van der Waals surface area contributed by atoms with Gasteiger partial charge in [-0.05, 0) is 43.3 Å². The first-order chi connectivity index (χ1) is 11.7. The summed E-state index contributed by atoms with van der Waals surface area (Å²) >= 11 is 0. The van der Waals surface area contributed by atoms with Gasteiger partial charge in [0.15, 0.2) is 0 Å². The molecule has 0 atom stereocenters. The smallest absolute Gasteiger partial charge is 0.263 e. The topological polar surface area (TPSA) is 33.2 Å². The van der Waals surface area contributed by atoms with Gasteiger partial charge in [0, 0.05) is 23.0 Å². The van der Waals surface area contributed by atoms with Gasteiger partial charge in [0.2, 0.25) is 0 Å². The van der Waals surface area contributed by atoms with E-state index in [1.54, 1.807) is 11.1 Å². The average Bonchev–Trinajstić information content (AvgIpc) is 2.89. The quantitative estimate of drug-likeness (QED) is 0.695. The fraction of sp³-hybridized carbons (Fsp3) is 0.0476. The molecule has 4 rings (SSSR count). The number of fused-ring (bicyclic) bond motifs is 1. The van der Waals surface area contributed by atoms with E-state index in [9.17, 15) is 4.79 Å². The molecule has 0 unspecified atom stereocenters. The number of carbonyl (C=O) groups excluding carboxylic acids is 1. The Labute approximate surface area is 140 Å². The monoisotopic (exact) mass is 312 g/mol. The molecular formula is C21H16N2O. The molecule has 3 heteroatoms. The number of anilines is 1. The lowest BCUT2D eigenvalue weighted by Crippen LogP contribution is -2.22. The second kappa shape index (κ2) is 5.78. The van der Waals surface area contributed by atoms with Crippen molar-refractivity contribution in [3.8, 4) is 0 Å². The third-order valence-electron chi connectivity index (χ3n) is 4.14. The van der Waals surface area contributed by atoms with Crippen molar-refractivity contribution >= 4 is 23.4 Å². The summed E-state index contributed by atoms with van der Waals surface area (Å²) in [6.45, 7) is 2.04. The van der Waals surface area contributed by atoms with Gasteiger partial charge in [-0.25, -0.2) is 0 Å². The second-order valence-electron chi connectivity index (χ2n) is 5.81. The molecule has 3 aromatic rings. The summed E-state index contributed by atoms with van der Waals surface area (Å²) in [5.74, 6) is -0.00312. The molecule has 1 aliphatic rings. The van der Waals surface area contributed by atoms with E-state index in [-0.39, 0.29) is 5.91 Å². The zero-order chi connectivity index (χ0) is 16.5. The van der Waals surface area contributed by atoms with Crippen molar-refractivity contribution < 1.29 is 4.79 Å². The lowest BCUT2D eigenvalue weighted by atomic mass is 10.1. The van der Waals surface area contributed by atoms with Crippen molar-refractivity contribution in [3.63, 3.8) is 0 Å². The molecule has 0 saturated heterocycles. The van der Waals surface area contributed by atoms with Crippen LogP contribution in [0.2, 0.25) is 0 Å². The molecule has 0 aliphatic carbocycles. The SMILES string of the molecule is Cc1ccc(N2C(=O)c3ccccc3/C2=C/c2ccccn2)cc1. The van der Waals surface area contributed by atoms with Gasteiger partial charge in [-0.1, -0.05) is 42.0 Å². The Balaban J connectivity index is 1.90. The number of rotatable bonds is 2. The molecule has 0 fully saturated rings. The molecule has 0 spiro atoms. The average molecular weight is 312 g/mol. The van der Waals surface area contributed by atoms with Gasteiger partial charge >= 0.3 is 0 Å². The Morgan fingerprint density at radius 2 is 1.58 bits per heavy atom. The summed E-state index contributed by atoms with van der Waals surface area (Å²) in [5, 5.41) is 0. The van der Waals surface area contributed by atoms with Gasteiger partial charge in [-0.15, -0.1) is 0 Å². The summed E-state index contributed by atoms with van der Waals surface area (Å²) in [6, 6.07) is 21.5. The first-order valence-corrected chi connectivity index (χ1v) is 7.87. The maximum Gasteiger partial charge on any atom is 0.263 e. The molecule has 2 heterocycles. The minimum absolute atomic E-state index is 0.00312. The number of nitrogens with zero attached hydrogens (tertiary/aromatic N) is 2. The van der Waals surface area contributed by atoms with Crippen LogP contribution in [0.3, 0.4) is 0 Å². The number of hydrogen-bond donors (Lipinski definition) is 0. The zero-order valence-electron chi connectivity index (χ0n) is 13.3. The van der Waals surface area contributed by atoms with Gasteiger partial charge in [-0.3, -0.25) is 14.7 Å².